The molecule has 0 fully saturated rings. The van der Waals surface area contributed by atoms with Crippen LogP contribution in [0.25, 0.3) is 0 Å². The predicted octanol–water partition coefficient (Wildman–Crippen LogP) is 10.3. The molecule has 0 spiro atoms. The number of esters is 2. The smallest absolute Gasteiger partial charge is 0.362 e. The molecule has 0 saturated carbocycles. The van der Waals surface area contributed by atoms with Crippen LogP contribution in [0.1, 0.15) is 162 Å². The van der Waals surface area contributed by atoms with Crippen LogP contribution in [0.2, 0.25) is 0 Å². The van der Waals surface area contributed by atoms with E-state index in [1.165, 1.54) is 77.0 Å². The Balaban J connectivity index is 4.43. The molecule has 0 aromatic carbocycles. The molecule has 0 radical (unpaired) electrons. The van der Waals surface area contributed by atoms with Crippen molar-refractivity contribution >= 4 is 17.9 Å². The second kappa shape index (κ2) is 33.7. The lowest BCUT2D eigenvalue weighted by Crippen LogP contribution is -2.50. The Morgan fingerprint density at radius 3 is 1.64 bits per heavy atom. The maximum Gasteiger partial charge on any atom is 0.362 e. The number of nitrogens with zero attached hydrogens (tertiary/aromatic N) is 1. The van der Waals surface area contributed by atoms with Crippen molar-refractivity contribution in [2.24, 2.45) is 0 Å². The quantitative estimate of drug-likeness (QED) is 0.0303. The largest absolute Gasteiger partial charge is 0.477 e. The lowest BCUT2D eigenvalue weighted by Gasteiger charge is -2.31. The maximum atomic E-state index is 12.7. The molecule has 0 rings (SSSR count). The molecule has 0 saturated heterocycles. The summed E-state index contributed by atoms with van der Waals surface area (Å²) in [5.74, 6) is -1.53. The highest BCUT2D eigenvalue weighted by Crippen LogP contribution is 2.15. The monoisotopic (exact) mass is 707 g/mol. The van der Waals surface area contributed by atoms with E-state index >= 15 is 0 Å². The van der Waals surface area contributed by atoms with Crippen molar-refractivity contribution in [1.29, 1.82) is 0 Å². The van der Waals surface area contributed by atoms with Gasteiger partial charge in [-0.1, -0.05) is 140 Å². The molecule has 2 unspecified atom stereocenters. The van der Waals surface area contributed by atoms with Crippen molar-refractivity contribution < 1.29 is 38.2 Å². The van der Waals surface area contributed by atoms with Gasteiger partial charge in [0.05, 0.1) is 34.4 Å². The van der Waals surface area contributed by atoms with Gasteiger partial charge < -0.3 is 23.8 Å². The average Bonchev–Trinajstić information content (AvgIpc) is 3.06. The van der Waals surface area contributed by atoms with Crippen molar-refractivity contribution in [3.8, 4) is 0 Å². The number of hydrogen-bond acceptors (Lipinski definition) is 6. The third kappa shape index (κ3) is 31.5. The highest BCUT2D eigenvalue weighted by molar-refractivity contribution is 5.72. The maximum absolute atomic E-state index is 12.7. The van der Waals surface area contributed by atoms with Crippen LogP contribution < -0.4 is 0 Å². The molecule has 2 atom stereocenters. The number of carbonyl (C=O) groups excluding carboxylic acids is 2. The minimum Gasteiger partial charge on any atom is -0.477 e. The minimum atomic E-state index is -0.882. The fraction of sp³-hybridized carbons (Fsp3) is 0.786. The van der Waals surface area contributed by atoms with E-state index < -0.39 is 18.1 Å². The molecular formula is C42H76NO7+. The lowest BCUT2D eigenvalue weighted by molar-refractivity contribution is -0.887. The van der Waals surface area contributed by atoms with E-state index in [-0.39, 0.29) is 42.7 Å². The van der Waals surface area contributed by atoms with E-state index in [0.29, 0.717) is 19.3 Å². The van der Waals surface area contributed by atoms with Crippen molar-refractivity contribution in [3.63, 3.8) is 0 Å². The van der Waals surface area contributed by atoms with E-state index in [1.807, 2.05) is 21.1 Å². The van der Waals surface area contributed by atoms with Crippen LogP contribution in [0, 0.1) is 0 Å². The number of hydrogen-bond donors (Lipinski definition) is 1. The number of carboxylic acids is 1. The van der Waals surface area contributed by atoms with Gasteiger partial charge in [0, 0.05) is 19.3 Å². The molecule has 0 amide bonds. The van der Waals surface area contributed by atoms with Gasteiger partial charge >= 0.3 is 17.9 Å². The van der Waals surface area contributed by atoms with Crippen LogP contribution in [-0.2, 0) is 28.6 Å². The summed E-state index contributed by atoms with van der Waals surface area (Å²) in [6, 6.07) is -0.619. The normalized spacial score (nSPS) is 13.4. The van der Waals surface area contributed by atoms with Crippen molar-refractivity contribution in [3.05, 3.63) is 36.5 Å². The van der Waals surface area contributed by atoms with Gasteiger partial charge in [0.2, 0.25) is 0 Å². The van der Waals surface area contributed by atoms with Crippen LogP contribution in [0.4, 0.5) is 0 Å². The van der Waals surface area contributed by atoms with Crippen LogP contribution in [0.3, 0.4) is 0 Å². The van der Waals surface area contributed by atoms with E-state index in [9.17, 15) is 19.5 Å². The Morgan fingerprint density at radius 1 is 0.620 bits per heavy atom. The van der Waals surface area contributed by atoms with E-state index in [2.05, 4.69) is 50.3 Å². The molecule has 0 heterocycles. The Bertz CT molecular complexity index is 922. The zero-order valence-corrected chi connectivity index (χ0v) is 32.8. The number of ether oxygens (including phenoxy) is 3. The SMILES string of the molecule is CC/C=C/C/C=C/C/C=C/CCCC(=O)OCC(COCCC(C(=O)O)[N+](C)(C)C)OC(=O)CCCCCCCCCCCCCCCCC. The standard InChI is InChI=1S/C42H75NO7/c1-6-8-10-12-14-16-18-19-20-21-23-25-27-29-31-33-41(45)50-38(36-48-35-34-39(42(46)47)43(3,4)5)37-49-40(44)32-30-28-26-24-22-17-15-13-11-9-7-2/h9,11,15,17,24,26,38-39H,6-8,10,12-14,16,18-23,25,27-37H2,1-5H3/p+1/b11-9+,17-15+,26-24+. The summed E-state index contributed by atoms with van der Waals surface area (Å²) in [7, 11) is 5.50. The number of carboxylic acid groups (broad SMARTS) is 1. The van der Waals surface area contributed by atoms with Gasteiger partial charge in [0.15, 0.2) is 12.1 Å². The van der Waals surface area contributed by atoms with Crippen molar-refractivity contribution in [2.75, 3.05) is 41.0 Å². The Labute approximate surface area is 306 Å². The first kappa shape index (κ1) is 47.5. The summed E-state index contributed by atoms with van der Waals surface area (Å²) >= 11 is 0. The number of carbonyl (C=O) groups is 3. The fourth-order valence-corrected chi connectivity index (χ4v) is 5.70. The van der Waals surface area contributed by atoms with Gasteiger partial charge in [-0.2, -0.15) is 0 Å². The van der Waals surface area contributed by atoms with Crippen molar-refractivity contribution in [2.45, 2.75) is 174 Å². The molecule has 50 heavy (non-hydrogen) atoms. The first-order chi connectivity index (χ1) is 24.1. The summed E-state index contributed by atoms with van der Waals surface area (Å²) in [5, 5.41) is 9.58. The second-order valence-electron chi connectivity index (χ2n) is 14.5. The van der Waals surface area contributed by atoms with Gasteiger partial charge in [-0.3, -0.25) is 9.59 Å². The Morgan fingerprint density at radius 2 is 1.12 bits per heavy atom. The average molecular weight is 707 g/mol. The molecule has 0 aliphatic carbocycles. The highest BCUT2D eigenvalue weighted by atomic mass is 16.6. The summed E-state index contributed by atoms with van der Waals surface area (Å²) < 4.78 is 17.2. The van der Waals surface area contributed by atoms with E-state index in [1.54, 1.807) is 0 Å². The Kier molecular flexibility index (Phi) is 32.0. The first-order valence-electron chi connectivity index (χ1n) is 20.0. The van der Waals surface area contributed by atoms with Crippen LogP contribution in [0.15, 0.2) is 36.5 Å². The highest BCUT2D eigenvalue weighted by Gasteiger charge is 2.31. The number of quaternary nitrogens is 1. The van der Waals surface area contributed by atoms with Gasteiger partial charge in [-0.05, 0) is 38.5 Å². The van der Waals surface area contributed by atoms with Crippen LogP contribution in [0.5, 0.6) is 0 Å². The zero-order chi connectivity index (χ0) is 37.1. The third-order valence-electron chi connectivity index (χ3n) is 8.80. The number of rotatable bonds is 35. The van der Waals surface area contributed by atoms with Crippen LogP contribution >= 0.6 is 0 Å². The molecular weight excluding hydrogens is 630 g/mol. The van der Waals surface area contributed by atoms with E-state index in [0.717, 1.165) is 44.9 Å². The second-order valence-corrected chi connectivity index (χ2v) is 14.5. The Hall–Kier alpha value is -2.45. The minimum absolute atomic E-state index is 0.0475. The molecule has 8 heteroatoms. The molecule has 0 aliphatic rings. The topological polar surface area (TPSA) is 99.1 Å². The van der Waals surface area contributed by atoms with Gasteiger partial charge in [0.1, 0.15) is 6.61 Å². The fourth-order valence-electron chi connectivity index (χ4n) is 5.70. The third-order valence-corrected chi connectivity index (χ3v) is 8.80. The molecule has 1 N–H and O–H groups in total. The summed E-state index contributed by atoms with van der Waals surface area (Å²) in [4.78, 5) is 36.8. The summed E-state index contributed by atoms with van der Waals surface area (Å²) in [5.41, 5.74) is 0. The molecule has 8 nitrogen and oxygen atoms in total. The number of aliphatic carboxylic acids is 1. The molecule has 0 aromatic heterocycles. The molecule has 0 bridgehead atoms. The number of likely N-dealkylation sites (N-methyl/N-ethyl adjacent to an activating group) is 1. The van der Waals surface area contributed by atoms with Gasteiger partial charge in [-0.25, -0.2) is 4.79 Å². The summed E-state index contributed by atoms with van der Waals surface area (Å²) in [6.45, 7) is 4.56. The first-order valence-corrected chi connectivity index (χ1v) is 20.0. The number of unbranched alkanes of at least 4 members (excludes halogenated alkanes) is 15. The van der Waals surface area contributed by atoms with Crippen molar-refractivity contribution in [1.82, 2.24) is 0 Å². The molecule has 290 valence electrons. The molecule has 0 aromatic rings. The zero-order valence-electron chi connectivity index (χ0n) is 32.8. The molecule has 0 aliphatic heterocycles. The van der Waals surface area contributed by atoms with Crippen LogP contribution in [-0.4, -0.2) is 80.6 Å². The van der Waals surface area contributed by atoms with E-state index in [4.69, 9.17) is 14.2 Å². The van der Waals surface area contributed by atoms with Gasteiger partial charge in [0.25, 0.3) is 0 Å². The predicted molar refractivity (Wildman–Crippen MR) is 206 cm³/mol. The number of allylic oxidation sites excluding steroid dienone is 6. The summed E-state index contributed by atoms with van der Waals surface area (Å²) in [6.07, 6.45) is 36.3. The van der Waals surface area contributed by atoms with Gasteiger partial charge in [-0.15, -0.1) is 0 Å². The lowest BCUT2D eigenvalue weighted by atomic mass is 10.0.